The molecule has 120 valence electrons. The number of rotatable bonds is 5. The smallest absolute Gasteiger partial charge is 0.315 e. The average molecular weight is 315 g/mol. The van der Waals surface area contributed by atoms with Gasteiger partial charge in [-0.2, -0.15) is 0 Å². The highest BCUT2D eigenvalue weighted by Crippen LogP contribution is 2.38. The Bertz CT molecular complexity index is 750. The molecule has 2 aromatic carbocycles. The molecule has 0 aliphatic rings. The van der Waals surface area contributed by atoms with Crippen LogP contribution in [0.4, 0.5) is 5.69 Å². The van der Waals surface area contributed by atoms with E-state index in [1.54, 1.807) is 38.1 Å². The average Bonchev–Trinajstić information content (AvgIpc) is 2.48. The molecule has 0 bridgehead atoms. The van der Waals surface area contributed by atoms with Gasteiger partial charge in [0.2, 0.25) is 5.75 Å². The van der Waals surface area contributed by atoms with E-state index in [2.05, 4.69) is 0 Å². The number of aryl methyl sites for hydroxylation is 1. The number of nitro groups is 1. The SMILES string of the molecule is Cc1ccc(C(=O)c2cc(OC(C)C)c(O)c([N+](=O)[O-])c2)cc1. The number of hydrogen-bond acceptors (Lipinski definition) is 5. The first-order valence-electron chi connectivity index (χ1n) is 7.09. The van der Waals surface area contributed by atoms with Gasteiger partial charge in [0.1, 0.15) is 0 Å². The number of carbonyl (C=O) groups excluding carboxylic acids is 1. The molecule has 0 saturated carbocycles. The first-order valence-corrected chi connectivity index (χ1v) is 7.09. The van der Waals surface area contributed by atoms with Gasteiger partial charge in [0.05, 0.1) is 11.0 Å². The van der Waals surface area contributed by atoms with Crippen LogP contribution < -0.4 is 4.74 Å². The van der Waals surface area contributed by atoms with E-state index in [0.717, 1.165) is 11.6 Å². The minimum absolute atomic E-state index is 0.0790. The molecule has 0 spiro atoms. The summed E-state index contributed by atoms with van der Waals surface area (Å²) in [5.74, 6) is -1.03. The quantitative estimate of drug-likeness (QED) is 0.517. The van der Waals surface area contributed by atoms with Crippen LogP contribution in [0.5, 0.6) is 11.5 Å². The van der Waals surface area contributed by atoms with Gasteiger partial charge in [-0.1, -0.05) is 29.8 Å². The summed E-state index contributed by atoms with van der Waals surface area (Å²) in [6.07, 6.45) is -0.301. The van der Waals surface area contributed by atoms with Crippen LogP contribution >= 0.6 is 0 Å². The number of nitrogens with zero attached hydrogens (tertiary/aromatic N) is 1. The van der Waals surface area contributed by atoms with Gasteiger partial charge in [0.15, 0.2) is 11.5 Å². The van der Waals surface area contributed by atoms with Crippen molar-refractivity contribution in [1.29, 1.82) is 0 Å². The van der Waals surface area contributed by atoms with Gasteiger partial charge in [0, 0.05) is 17.2 Å². The van der Waals surface area contributed by atoms with Gasteiger partial charge in [-0.05, 0) is 26.8 Å². The van der Waals surface area contributed by atoms with Crippen molar-refractivity contribution >= 4 is 11.5 Å². The van der Waals surface area contributed by atoms with E-state index in [4.69, 9.17) is 4.74 Å². The lowest BCUT2D eigenvalue weighted by molar-refractivity contribution is -0.386. The highest BCUT2D eigenvalue weighted by Gasteiger charge is 2.23. The van der Waals surface area contributed by atoms with Crippen molar-refractivity contribution in [3.05, 3.63) is 63.2 Å². The molecule has 2 rings (SSSR count). The predicted octanol–water partition coefficient (Wildman–Crippen LogP) is 3.63. The summed E-state index contributed by atoms with van der Waals surface area (Å²) < 4.78 is 5.37. The molecular formula is C17H17NO5. The molecule has 0 heterocycles. The topological polar surface area (TPSA) is 89.7 Å². The lowest BCUT2D eigenvalue weighted by Crippen LogP contribution is -2.08. The van der Waals surface area contributed by atoms with E-state index in [-0.39, 0.29) is 23.2 Å². The zero-order chi connectivity index (χ0) is 17.1. The van der Waals surface area contributed by atoms with Crippen LogP contribution in [0.15, 0.2) is 36.4 Å². The molecule has 0 unspecified atom stereocenters. The maximum absolute atomic E-state index is 12.5. The number of nitro benzene ring substituents is 1. The van der Waals surface area contributed by atoms with Crippen LogP contribution in [0.2, 0.25) is 0 Å². The summed E-state index contributed by atoms with van der Waals surface area (Å²) in [4.78, 5) is 22.9. The van der Waals surface area contributed by atoms with E-state index < -0.39 is 16.4 Å². The Morgan fingerprint density at radius 2 is 1.78 bits per heavy atom. The molecule has 1 N–H and O–H groups in total. The van der Waals surface area contributed by atoms with Gasteiger partial charge < -0.3 is 9.84 Å². The Labute approximate surface area is 133 Å². The van der Waals surface area contributed by atoms with Gasteiger partial charge in [-0.25, -0.2) is 0 Å². The number of ketones is 1. The molecule has 23 heavy (non-hydrogen) atoms. The third kappa shape index (κ3) is 3.66. The lowest BCUT2D eigenvalue weighted by atomic mass is 10.0. The van der Waals surface area contributed by atoms with E-state index in [1.165, 1.54) is 6.07 Å². The zero-order valence-electron chi connectivity index (χ0n) is 13.1. The minimum atomic E-state index is -0.742. The van der Waals surface area contributed by atoms with Crippen molar-refractivity contribution in [2.45, 2.75) is 26.9 Å². The molecule has 6 heteroatoms. The van der Waals surface area contributed by atoms with Crippen LogP contribution in [0, 0.1) is 17.0 Å². The molecular weight excluding hydrogens is 298 g/mol. The Hall–Kier alpha value is -2.89. The molecule has 0 aliphatic heterocycles. The molecule has 0 fully saturated rings. The summed E-state index contributed by atoms with van der Waals surface area (Å²) in [5, 5.41) is 21.0. The molecule has 0 radical (unpaired) electrons. The molecule has 0 atom stereocenters. The number of aromatic hydroxyl groups is 1. The Balaban J connectivity index is 2.52. The maximum atomic E-state index is 12.5. The van der Waals surface area contributed by atoms with E-state index in [9.17, 15) is 20.0 Å². The molecule has 0 amide bonds. The predicted molar refractivity (Wildman–Crippen MR) is 85.1 cm³/mol. The number of phenolic OH excluding ortho intramolecular Hbond substituents is 1. The number of hydrogen-bond donors (Lipinski definition) is 1. The fourth-order valence-corrected chi connectivity index (χ4v) is 2.08. The standard InChI is InChI=1S/C17H17NO5/c1-10(2)23-15-9-13(8-14(17(15)20)18(21)22)16(19)12-6-4-11(3)5-7-12/h4-10,20H,1-3H3. The molecule has 0 saturated heterocycles. The second kappa shape index (κ2) is 6.48. The molecule has 6 nitrogen and oxygen atoms in total. The van der Waals surface area contributed by atoms with Crippen molar-refractivity contribution in [3.8, 4) is 11.5 Å². The van der Waals surface area contributed by atoms with E-state index in [0.29, 0.717) is 5.56 Å². The Morgan fingerprint density at radius 3 is 2.30 bits per heavy atom. The van der Waals surface area contributed by atoms with Crippen LogP contribution in [-0.4, -0.2) is 21.9 Å². The minimum Gasteiger partial charge on any atom is -0.500 e. The number of benzene rings is 2. The van der Waals surface area contributed by atoms with Crippen LogP contribution in [0.1, 0.15) is 35.3 Å². The fourth-order valence-electron chi connectivity index (χ4n) is 2.08. The first kappa shape index (κ1) is 16.5. The summed E-state index contributed by atoms with van der Waals surface area (Å²) in [6.45, 7) is 5.34. The van der Waals surface area contributed by atoms with Crippen molar-refractivity contribution in [2.24, 2.45) is 0 Å². The number of ether oxygens (including phenoxy) is 1. The van der Waals surface area contributed by atoms with Gasteiger partial charge in [-0.3, -0.25) is 14.9 Å². The van der Waals surface area contributed by atoms with Crippen molar-refractivity contribution < 1.29 is 19.6 Å². The first-order chi connectivity index (χ1) is 10.8. The Morgan fingerprint density at radius 1 is 1.17 bits per heavy atom. The normalized spacial score (nSPS) is 10.6. The summed E-state index contributed by atoms with van der Waals surface area (Å²) >= 11 is 0. The van der Waals surface area contributed by atoms with Crippen molar-refractivity contribution in [3.63, 3.8) is 0 Å². The summed E-state index contributed by atoms with van der Waals surface area (Å²) in [6, 6.07) is 9.26. The van der Waals surface area contributed by atoms with E-state index >= 15 is 0 Å². The van der Waals surface area contributed by atoms with Gasteiger partial charge in [-0.15, -0.1) is 0 Å². The second-order valence-electron chi connectivity index (χ2n) is 5.46. The second-order valence-corrected chi connectivity index (χ2v) is 5.46. The number of carbonyl (C=O) groups is 1. The van der Waals surface area contributed by atoms with E-state index in [1.807, 2.05) is 6.92 Å². The molecule has 0 aromatic heterocycles. The largest absolute Gasteiger partial charge is 0.500 e. The van der Waals surface area contributed by atoms with Crippen molar-refractivity contribution in [1.82, 2.24) is 0 Å². The van der Waals surface area contributed by atoms with Crippen LogP contribution in [0.25, 0.3) is 0 Å². The highest BCUT2D eigenvalue weighted by molar-refractivity contribution is 6.09. The zero-order valence-corrected chi connectivity index (χ0v) is 13.1. The summed E-state index contributed by atoms with van der Waals surface area (Å²) in [5.41, 5.74) is 0.945. The fraction of sp³-hybridized carbons (Fsp3) is 0.235. The van der Waals surface area contributed by atoms with Gasteiger partial charge in [0.25, 0.3) is 0 Å². The summed E-state index contributed by atoms with van der Waals surface area (Å²) in [7, 11) is 0. The third-order valence-electron chi connectivity index (χ3n) is 3.19. The van der Waals surface area contributed by atoms with Gasteiger partial charge >= 0.3 is 5.69 Å². The molecule has 0 aliphatic carbocycles. The highest BCUT2D eigenvalue weighted by atomic mass is 16.6. The monoisotopic (exact) mass is 315 g/mol. The Kier molecular flexibility index (Phi) is 4.64. The lowest BCUT2D eigenvalue weighted by Gasteiger charge is -2.12. The maximum Gasteiger partial charge on any atom is 0.315 e. The van der Waals surface area contributed by atoms with Crippen molar-refractivity contribution in [2.75, 3.05) is 0 Å². The number of phenols is 1. The molecule has 2 aromatic rings. The van der Waals surface area contributed by atoms with Crippen LogP contribution in [0.3, 0.4) is 0 Å². The third-order valence-corrected chi connectivity index (χ3v) is 3.19. The van der Waals surface area contributed by atoms with Crippen LogP contribution in [-0.2, 0) is 0 Å².